The summed E-state index contributed by atoms with van der Waals surface area (Å²) in [5, 5.41) is 5.96. The molecule has 1 aliphatic heterocycles. The maximum absolute atomic E-state index is 11.8. The van der Waals surface area contributed by atoms with E-state index in [2.05, 4.69) is 10.3 Å². The van der Waals surface area contributed by atoms with Crippen LogP contribution in [0.2, 0.25) is 0 Å². The first-order chi connectivity index (χ1) is 8.69. The molecule has 2 unspecified atom stereocenters. The summed E-state index contributed by atoms with van der Waals surface area (Å²) in [5.74, 6) is -0.0285. The van der Waals surface area contributed by atoms with E-state index in [1.54, 1.807) is 11.3 Å². The molecule has 0 aliphatic carbocycles. The van der Waals surface area contributed by atoms with Gasteiger partial charge >= 0.3 is 0 Å². The molecule has 2 heterocycles. The topological polar surface area (TPSA) is 77.2 Å². The number of rotatable bonds is 5. The van der Waals surface area contributed by atoms with Crippen molar-refractivity contribution in [3.63, 3.8) is 0 Å². The van der Waals surface area contributed by atoms with Gasteiger partial charge in [0.1, 0.15) is 6.10 Å². The number of aromatic nitrogens is 1. The third kappa shape index (κ3) is 3.51. The van der Waals surface area contributed by atoms with Crippen LogP contribution in [0.5, 0.6) is 0 Å². The Balaban J connectivity index is 1.69. The summed E-state index contributed by atoms with van der Waals surface area (Å²) in [5.41, 5.74) is 6.54. The summed E-state index contributed by atoms with van der Waals surface area (Å²) in [7, 11) is 0. The number of ether oxygens (including phenoxy) is 1. The summed E-state index contributed by atoms with van der Waals surface area (Å²) in [4.78, 5) is 16.2. The fraction of sp³-hybridized carbons (Fsp3) is 0.667. The van der Waals surface area contributed by atoms with Crippen molar-refractivity contribution in [2.45, 2.75) is 38.4 Å². The van der Waals surface area contributed by atoms with E-state index in [0.717, 1.165) is 30.0 Å². The van der Waals surface area contributed by atoms with Crippen LogP contribution in [-0.2, 0) is 16.0 Å². The van der Waals surface area contributed by atoms with Crippen LogP contribution in [0, 0.1) is 6.92 Å². The quantitative estimate of drug-likeness (QED) is 0.821. The molecule has 0 aromatic carbocycles. The third-order valence-corrected chi connectivity index (χ3v) is 3.99. The summed E-state index contributed by atoms with van der Waals surface area (Å²) in [6, 6.07) is 0. The van der Waals surface area contributed by atoms with Crippen molar-refractivity contribution in [2.24, 2.45) is 5.73 Å². The number of nitrogens with one attached hydrogen (secondary N) is 1. The molecule has 1 fully saturated rings. The Labute approximate surface area is 111 Å². The largest absolute Gasteiger partial charge is 0.364 e. The maximum atomic E-state index is 11.8. The molecule has 1 amide bonds. The molecule has 3 N–H and O–H groups in total. The fourth-order valence-corrected chi connectivity index (χ4v) is 2.77. The van der Waals surface area contributed by atoms with Crippen molar-refractivity contribution in [2.75, 3.05) is 13.1 Å². The second-order valence-corrected chi connectivity index (χ2v) is 5.43. The van der Waals surface area contributed by atoms with Crippen LogP contribution in [0.3, 0.4) is 0 Å². The number of nitrogens with zero attached hydrogens (tertiary/aromatic N) is 1. The Kier molecular flexibility index (Phi) is 4.68. The maximum Gasteiger partial charge on any atom is 0.249 e. The highest BCUT2D eigenvalue weighted by atomic mass is 32.1. The second-order valence-electron chi connectivity index (χ2n) is 4.48. The van der Waals surface area contributed by atoms with E-state index >= 15 is 0 Å². The van der Waals surface area contributed by atoms with E-state index < -0.39 is 0 Å². The normalized spacial score (nSPS) is 23.2. The number of hydrogen-bond donors (Lipinski definition) is 2. The Morgan fingerprint density at radius 1 is 1.67 bits per heavy atom. The molecule has 100 valence electrons. The molecular formula is C12H19N3O2S. The van der Waals surface area contributed by atoms with Crippen LogP contribution < -0.4 is 11.1 Å². The summed E-state index contributed by atoms with van der Waals surface area (Å²) in [6.45, 7) is 3.07. The van der Waals surface area contributed by atoms with Gasteiger partial charge in [-0.15, -0.1) is 11.3 Å². The van der Waals surface area contributed by atoms with Crippen molar-refractivity contribution < 1.29 is 9.53 Å². The first-order valence-corrected chi connectivity index (χ1v) is 7.11. The fourth-order valence-electron chi connectivity index (χ4n) is 2.00. The van der Waals surface area contributed by atoms with Gasteiger partial charge in [0.15, 0.2) is 0 Å². The van der Waals surface area contributed by atoms with Gasteiger partial charge in [-0.25, -0.2) is 4.98 Å². The second kappa shape index (κ2) is 6.26. The molecule has 0 spiro atoms. The zero-order valence-corrected chi connectivity index (χ0v) is 11.3. The Hall–Kier alpha value is -0.980. The van der Waals surface area contributed by atoms with Gasteiger partial charge in [0.05, 0.1) is 11.1 Å². The number of nitrogens with two attached hydrogens (primary N) is 1. The first kappa shape index (κ1) is 13.5. The van der Waals surface area contributed by atoms with Gasteiger partial charge in [-0.05, 0) is 19.8 Å². The molecule has 0 radical (unpaired) electrons. The van der Waals surface area contributed by atoms with Crippen molar-refractivity contribution in [3.05, 3.63) is 16.1 Å². The zero-order valence-electron chi connectivity index (χ0n) is 10.5. The van der Waals surface area contributed by atoms with Crippen molar-refractivity contribution in [3.8, 4) is 0 Å². The highest BCUT2D eigenvalue weighted by Gasteiger charge is 2.29. The molecule has 1 saturated heterocycles. The van der Waals surface area contributed by atoms with Gasteiger partial charge in [0.2, 0.25) is 5.91 Å². The number of carbonyl (C=O) groups excluding carboxylic acids is 1. The highest BCUT2D eigenvalue weighted by molar-refractivity contribution is 7.09. The monoisotopic (exact) mass is 269 g/mol. The molecule has 2 atom stereocenters. The Morgan fingerprint density at radius 3 is 3.11 bits per heavy atom. The van der Waals surface area contributed by atoms with Crippen LogP contribution in [0.4, 0.5) is 0 Å². The first-order valence-electron chi connectivity index (χ1n) is 6.23. The molecule has 0 saturated carbocycles. The lowest BCUT2D eigenvalue weighted by Gasteiger charge is -2.12. The third-order valence-electron chi connectivity index (χ3n) is 2.97. The smallest absolute Gasteiger partial charge is 0.249 e. The molecule has 18 heavy (non-hydrogen) atoms. The molecular weight excluding hydrogens is 250 g/mol. The molecule has 1 aromatic heterocycles. The molecule has 2 rings (SSSR count). The number of amides is 1. The van der Waals surface area contributed by atoms with Crippen LogP contribution in [0.15, 0.2) is 5.38 Å². The lowest BCUT2D eigenvalue weighted by molar-refractivity contribution is -0.131. The lowest BCUT2D eigenvalue weighted by Crippen LogP contribution is -2.36. The molecule has 1 aromatic rings. The van der Waals surface area contributed by atoms with Crippen molar-refractivity contribution >= 4 is 17.2 Å². The number of aryl methyl sites for hydroxylation is 1. The van der Waals surface area contributed by atoms with Gasteiger partial charge < -0.3 is 15.8 Å². The van der Waals surface area contributed by atoms with Gasteiger partial charge in [0.25, 0.3) is 0 Å². The van der Waals surface area contributed by atoms with Gasteiger partial charge in [0, 0.05) is 30.6 Å². The SMILES string of the molecule is Cc1csc(CCNC(=O)C2CCC(CN)O2)n1. The van der Waals surface area contributed by atoms with Crippen molar-refractivity contribution in [1.29, 1.82) is 0 Å². The number of carbonyl (C=O) groups is 1. The van der Waals surface area contributed by atoms with Crippen LogP contribution >= 0.6 is 11.3 Å². The minimum Gasteiger partial charge on any atom is -0.364 e. The van der Waals surface area contributed by atoms with Gasteiger partial charge in [-0.1, -0.05) is 0 Å². The Bertz CT molecular complexity index is 408. The Morgan fingerprint density at radius 2 is 2.50 bits per heavy atom. The minimum atomic E-state index is -0.323. The lowest BCUT2D eigenvalue weighted by atomic mass is 10.2. The van der Waals surface area contributed by atoms with E-state index in [1.807, 2.05) is 12.3 Å². The van der Waals surface area contributed by atoms with Gasteiger partial charge in [-0.3, -0.25) is 4.79 Å². The number of thiazole rings is 1. The summed E-state index contributed by atoms with van der Waals surface area (Å²) in [6.07, 6.45) is 2.14. The average Bonchev–Trinajstić information content (AvgIpc) is 2.98. The summed E-state index contributed by atoms with van der Waals surface area (Å²) < 4.78 is 5.53. The van der Waals surface area contributed by atoms with E-state index in [4.69, 9.17) is 10.5 Å². The predicted molar refractivity (Wildman–Crippen MR) is 70.5 cm³/mol. The zero-order chi connectivity index (χ0) is 13.0. The van der Waals surface area contributed by atoms with E-state index in [0.29, 0.717) is 13.1 Å². The van der Waals surface area contributed by atoms with Crippen LogP contribution in [-0.4, -0.2) is 36.2 Å². The highest BCUT2D eigenvalue weighted by Crippen LogP contribution is 2.18. The molecule has 6 heteroatoms. The number of hydrogen-bond acceptors (Lipinski definition) is 5. The molecule has 0 bridgehead atoms. The van der Waals surface area contributed by atoms with E-state index in [9.17, 15) is 4.79 Å². The molecule has 5 nitrogen and oxygen atoms in total. The minimum absolute atomic E-state index is 0.0285. The van der Waals surface area contributed by atoms with E-state index in [1.165, 1.54) is 0 Å². The van der Waals surface area contributed by atoms with E-state index in [-0.39, 0.29) is 18.1 Å². The van der Waals surface area contributed by atoms with Crippen molar-refractivity contribution in [1.82, 2.24) is 10.3 Å². The van der Waals surface area contributed by atoms with Crippen LogP contribution in [0.1, 0.15) is 23.5 Å². The standard InChI is InChI=1S/C12H19N3O2S/c1-8-7-18-11(15-8)4-5-14-12(16)10-3-2-9(6-13)17-10/h7,9-10H,2-6,13H2,1H3,(H,14,16). The van der Waals surface area contributed by atoms with Gasteiger partial charge in [-0.2, -0.15) is 0 Å². The predicted octanol–water partition coefficient (Wildman–Crippen LogP) is 0.617. The van der Waals surface area contributed by atoms with Crippen LogP contribution in [0.25, 0.3) is 0 Å². The summed E-state index contributed by atoms with van der Waals surface area (Å²) >= 11 is 1.63. The average molecular weight is 269 g/mol. The molecule has 1 aliphatic rings.